The molecule has 4 heteroatoms. The van der Waals surface area contributed by atoms with Crippen molar-refractivity contribution in [1.29, 1.82) is 0 Å². The van der Waals surface area contributed by atoms with Crippen LogP contribution in [0.1, 0.15) is 66.7 Å². The van der Waals surface area contributed by atoms with Crippen molar-refractivity contribution in [1.82, 2.24) is 0 Å². The third-order valence-corrected chi connectivity index (χ3v) is 5.74. The van der Waals surface area contributed by atoms with Gasteiger partial charge >= 0.3 is 11.9 Å². The molecule has 0 spiro atoms. The maximum Gasteiger partial charge on any atom is 0.347 e. The maximum absolute atomic E-state index is 12.8. The van der Waals surface area contributed by atoms with Crippen LogP contribution in [-0.2, 0) is 19.1 Å². The van der Waals surface area contributed by atoms with Crippen molar-refractivity contribution < 1.29 is 19.1 Å². The van der Waals surface area contributed by atoms with Crippen LogP contribution < -0.4 is 0 Å². The summed E-state index contributed by atoms with van der Waals surface area (Å²) in [5, 5.41) is 0. The molecule has 4 nitrogen and oxygen atoms in total. The molecule has 1 heterocycles. The SMILES string of the molecule is CCC(C)(C)CC1(C(=O)OC2CCOC2=O)CCC1(C)C. The zero-order chi connectivity index (χ0) is 15.9. The normalized spacial score (nSPS) is 31.5. The minimum absolute atomic E-state index is 0.0704. The molecular weight excluding hydrogens is 268 g/mol. The van der Waals surface area contributed by atoms with Crippen LogP contribution in [0.3, 0.4) is 0 Å². The monoisotopic (exact) mass is 296 g/mol. The fraction of sp³-hybridized carbons (Fsp3) is 0.882. The number of esters is 2. The zero-order valence-electron chi connectivity index (χ0n) is 14.0. The standard InChI is InChI=1S/C17H28O4/c1-6-15(2,3)11-17(9-8-16(17,4)5)14(19)21-12-7-10-20-13(12)18/h12H,6-11H2,1-5H3. The lowest BCUT2D eigenvalue weighted by Crippen LogP contribution is -2.56. The van der Waals surface area contributed by atoms with Gasteiger partial charge in [0, 0.05) is 6.42 Å². The fourth-order valence-electron chi connectivity index (χ4n) is 3.47. The van der Waals surface area contributed by atoms with Crippen LogP contribution in [0.25, 0.3) is 0 Å². The first-order valence-electron chi connectivity index (χ1n) is 8.01. The molecule has 1 saturated heterocycles. The number of rotatable bonds is 5. The van der Waals surface area contributed by atoms with E-state index >= 15 is 0 Å². The highest BCUT2D eigenvalue weighted by Gasteiger charge is 2.61. The summed E-state index contributed by atoms with van der Waals surface area (Å²) >= 11 is 0. The smallest absolute Gasteiger partial charge is 0.347 e. The molecule has 0 bridgehead atoms. The number of carbonyl (C=O) groups excluding carboxylic acids is 2. The van der Waals surface area contributed by atoms with E-state index in [1.54, 1.807) is 0 Å². The first-order chi connectivity index (χ1) is 9.63. The van der Waals surface area contributed by atoms with Crippen molar-refractivity contribution in [3.05, 3.63) is 0 Å². The van der Waals surface area contributed by atoms with Gasteiger partial charge in [0.1, 0.15) is 0 Å². The number of cyclic esters (lactones) is 1. The van der Waals surface area contributed by atoms with Crippen molar-refractivity contribution in [2.75, 3.05) is 6.61 Å². The summed E-state index contributed by atoms with van der Waals surface area (Å²) in [5.74, 6) is -0.602. The lowest BCUT2D eigenvalue weighted by Gasteiger charge is -2.56. The Labute approximate surface area is 127 Å². The first kappa shape index (κ1) is 16.3. The molecule has 0 aromatic carbocycles. The molecule has 0 amide bonds. The third kappa shape index (κ3) is 2.82. The molecule has 1 saturated carbocycles. The molecule has 0 aromatic rings. The molecule has 2 fully saturated rings. The Hall–Kier alpha value is -1.06. The lowest BCUT2D eigenvalue weighted by atomic mass is 9.47. The van der Waals surface area contributed by atoms with Crippen LogP contribution >= 0.6 is 0 Å². The Morgan fingerprint density at radius 2 is 2.05 bits per heavy atom. The van der Waals surface area contributed by atoms with E-state index in [0.717, 1.165) is 25.7 Å². The summed E-state index contributed by atoms with van der Waals surface area (Å²) in [7, 11) is 0. The number of hydrogen-bond acceptors (Lipinski definition) is 4. The number of ether oxygens (including phenoxy) is 2. The highest BCUT2D eigenvalue weighted by Crippen LogP contribution is 2.62. The van der Waals surface area contributed by atoms with Crippen LogP contribution in [0.15, 0.2) is 0 Å². The molecule has 1 aliphatic heterocycles. The van der Waals surface area contributed by atoms with Gasteiger partial charge in [-0.15, -0.1) is 0 Å². The molecule has 0 aromatic heterocycles. The molecule has 0 radical (unpaired) electrons. The van der Waals surface area contributed by atoms with Crippen LogP contribution in [-0.4, -0.2) is 24.6 Å². The average Bonchev–Trinajstić information content (AvgIpc) is 2.80. The molecule has 120 valence electrons. The summed E-state index contributed by atoms with van der Waals surface area (Å²) < 4.78 is 10.4. The minimum atomic E-state index is -0.699. The van der Waals surface area contributed by atoms with E-state index in [2.05, 4.69) is 34.6 Å². The Morgan fingerprint density at radius 1 is 1.38 bits per heavy atom. The second kappa shape index (κ2) is 5.29. The van der Waals surface area contributed by atoms with E-state index in [-0.39, 0.29) is 16.8 Å². The van der Waals surface area contributed by atoms with Gasteiger partial charge in [-0.05, 0) is 30.1 Å². The highest BCUT2D eigenvalue weighted by molar-refractivity contribution is 5.84. The molecule has 0 N–H and O–H groups in total. The lowest BCUT2D eigenvalue weighted by molar-refractivity contribution is -0.191. The van der Waals surface area contributed by atoms with Crippen LogP contribution in [0.5, 0.6) is 0 Å². The topological polar surface area (TPSA) is 52.6 Å². The summed E-state index contributed by atoms with van der Waals surface area (Å²) in [6.07, 6.45) is 3.49. The quantitative estimate of drug-likeness (QED) is 0.729. The molecule has 2 unspecified atom stereocenters. The van der Waals surface area contributed by atoms with Crippen molar-refractivity contribution >= 4 is 11.9 Å². The number of carbonyl (C=O) groups is 2. The Morgan fingerprint density at radius 3 is 2.43 bits per heavy atom. The van der Waals surface area contributed by atoms with Gasteiger partial charge in [-0.1, -0.05) is 41.0 Å². The Bertz CT molecular complexity index is 438. The summed E-state index contributed by atoms with van der Waals surface area (Å²) in [4.78, 5) is 24.4. The minimum Gasteiger partial charge on any atom is -0.463 e. The van der Waals surface area contributed by atoms with Gasteiger partial charge < -0.3 is 9.47 Å². The Kier molecular flexibility index (Phi) is 4.11. The van der Waals surface area contributed by atoms with E-state index in [9.17, 15) is 9.59 Å². The van der Waals surface area contributed by atoms with E-state index in [1.165, 1.54) is 0 Å². The first-order valence-corrected chi connectivity index (χ1v) is 8.01. The van der Waals surface area contributed by atoms with Gasteiger partial charge in [-0.2, -0.15) is 0 Å². The second-order valence-electron chi connectivity index (χ2n) is 8.01. The van der Waals surface area contributed by atoms with Gasteiger partial charge in [0.2, 0.25) is 6.10 Å². The largest absolute Gasteiger partial charge is 0.463 e. The van der Waals surface area contributed by atoms with E-state index in [1.807, 2.05) is 0 Å². The van der Waals surface area contributed by atoms with Crippen LogP contribution in [0, 0.1) is 16.2 Å². The van der Waals surface area contributed by atoms with E-state index < -0.39 is 17.5 Å². The summed E-state index contributed by atoms with van der Waals surface area (Å²) in [6.45, 7) is 11.2. The van der Waals surface area contributed by atoms with Crippen molar-refractivity contribution in [3.63, 3.8) is 0 Å². The van der Waals surface area contributed by atoms with Crippen molar-refractivity contribution in [2.45, 2.75) is 72.8 Å². The summed E-state index contributed by atoms with van der Waals surface area (Å²) in [6, 6.07) is 0. The summed E-state index contributed by atoms with van der Waals surface area (Å²) in [5.41, 5.74) is -0.443. The molecule has 1 aliphatic carbocycles. The predicted octanol–water partition coefficient (Wildman–Crippen LogP) is 3.48. The van der Waals surface area contributed by atoms with Gasteiger partial charge in [0.05, 0.1) is 12.0 Å². The molecule has 2 aliphatic rings. The van der Waals surface area contributed by atoms with Gasteiger partial charge in [0.25, 0.3) is 0 Å². The maximum atomic E-state index is 12.8. The van der Waals surface area contributed by atoms with Crippen LogP contribution in [0.2, 0.25) is 0 Å². The highest BCUT2D eigenvalue weighted by atomic mass is 16.6. The average molecular weight is 296 g/mol. The van der Waals surface area contributed by atoms with E-state index in [0.29, 0.717) is 13.0 Å². The molecule has 2 rings (SSSR count). The fourth-order valence-corrected chi connectivity index (χ4v) is 3.47. The van der Waals surface area contributed by atoms with E-state index in [4.69, 9.17) is 9.47 Å². The zero-order valence-corrected chi connectivity index (χ0v) is 14.0. The van der Waals surface area contributed by atoms with Crippen molar-refractivity contribution in [2.24, 2.45) is 16.2 Å². The van der Waals surface area contributed by atoms with Crippen molar-refractivity contribution in [3.8, 4) is 0 Å². The van der Waals surface area contributed by atoms with Crippen LogP contribution in [0.4, 0.5) is 0 Å². The number of hydrogen-bond donors (Lipinski definition) is 0. The molecular formula is C17H28O4. The predicted molar refractivity (Wildman–Crippen MR) is 79.6 cm³/mol. The molecule has 21 heavy (non-hydrogen) atoms. The Balaban J connectivity index is 2.17. The second-order valence-corrected chi connectivity index (χ2v) is 8.01. The van der Waals surface area contributed by atoms with Gasteiger partial charge in [0.15, 0.2) is 0 Å². The van der Waals surface area contributed by atoms with Gasteiger partial charge in [-0.3, -0.25) is 4.79 Å². The van der Waals surface area contributed by atoms with Gasteiger partial charge in [-0.25, -0.2) is 4.79 Å². The third-order valence-electron chi connectivity index (χ3n) is 5.74. The molecule has 2 atom stereocenters.